The smallest absolute Gasteiger partial charge is 0.387 e. The molecule has 4 rings (SSSR count). The van der Waals surface area contributed by atoms with Crippen LogP contribution in [0.5, 0.6) is 5.75 Å². The molecule has 0 saturated heterocycles. The highest BCUT2D eigenvalue weighted by atomic mass is 35.5. The summed E-state index contributed by atoms with van der Waals surface area (Å²) in [5.74, 6) is -0.548. The van der Waals surface area contributed by atoms with Crippen molar-refractivity contribution in [3.63, 3.8) is 0 Å². The van der Waals surface area contributed by atoms with Crippen molar-refractivity contribution in [2.45, 2.75) is 17.9 Å². The summed E-state index contributed by atoms with van der Waals surface area (Å²) in [6.45, 7) is -2.80. The molecule has 32 heavy (non-hydrogen) atoms. The first-order chi connectivity index (χ1) is 15.2. The molecule has 0 spiro atoms. The molecule has 0 unspecified atom stereocenters. The van der Waals surface area contributed by atoms with Crippen LogP contribution in [-0.4, -0.2) is 27.5 Å². The van der Waals surface area contributed by atoms with E-state index in [0.29, 0.717) is 22.8 Å². The number of carbonyl (C=O) groups excluding carboxylic acids is 1. The Bertz CT molecular complexity index is 1270. The SMILES string of the molecule is O=C(Nc1cccc(Cl)c1)c1ccc2c(c1)N(S(=O)(=O)c1ccc(OC(F)F)cc1)CC2. The lowest BCUT2D eigenvalue weighted by molar-refractivity contribution is -0.0498. The Morgan fingerprint density at radius 2 is 1.81 bits per heavy atom. The van der Waals surface area contributed by atoms with Gasteiger partial charge in [-0.3, -0.25) is 9.10 Å². The molecule has 3 aromatic carbocycles. The van der Waals surface area contributed by atoms with Gasteiger partial charge < -0.3 is 10.1 Å². The fraction of sp³-hybridized carbons (Fsp3) is 0.136. The molecule has 0 aromatic heterocycles. The average molecular weight is 479 g/mol. The Morgan fingerprint density at radius 1 is 1.06 bits per heavy atom. The van der Waals surface area contributed by atoms with E-state index in [9.17, 15) is 22.0 Å². The first-order valence-electron chi connectivity index (χ1n) is 9.51. The zero-order valence-electron chi connectivity index (χ0n) is 16.5. The summed E-state index contributed by atoms with van der Waals surface area (Å²) >= 11 is 5.94. The molecule has 0 bridgehead atoms. The Labute approximate surface area is 188 Å². The van der Waals surface area contributed by atoms with Gasteiger partial charge in [-0.05, 0) is 66.6 Å². The van der Waals surface area contributed by atoms with Gasteiger partial charge >= 0.3 is 6.61 Å². The van der Waals surface area contributed by atoms with Crippen molar-refractivity contribution in [3.8, 4) is 5.75 Å². The van der Waals surface area contributed by atoms with Gasteiger partial charge in [0.05, 0.1) is 10.6 Å². The molecule has 0 radical (unpaired) electrons. The van der Waals surface area contributed by atoms with Crippen LogP contribution in [0.25, 0.3) is 0 Å². The Morgan fingerprint density at radius 3 is 2.50 bits per heavy atom. The molecule has 0 aliphatic carbocycles. The maximum absolute atomic E-state index is 13.2. The van der Waals surface area contributed by atoms with Crippen molar-refractivity contribution < 1.29 is 26.7 Å². The molecular formula is C22H17ClF2N2O4S. The number of hydrogen-bond donors (Lipinski definition) is 1. The van der Waals surface area contributed by atoms with E-state index in [1.165, 1.54) is 34.6 Å². The van der Waals surface area contributed by atoms with Crippen LogP contribution in [0.1, 0.15) is 15.9 Å². The van der Waals surface area contributed by atoms with E-state index >= 15 is 0 Å². The van der Waals surface area contributed by atoms with Gasteiger partial charge in [-0.2, -0.15) is 8.78 Å². The predicted molar refractivity (Wildman–Crippen MR) is 117 cm³/mol. The number of nitrogens with one attached hydrogen (secondary N) is 1. The van der Waals surface area contributed by atoms with E-state index in [0.717, 1.165) is 5.56 Å². The maximum atomic E-state index is 13.2. The van der Waals surface area contributed by atoms with Crippen molar-refractivity contribution in [3.05, 3.63) is 82.9 Å². The molecule has 0 saturated carbocycles. The van der Waals surface area contributed by atoms with E-state index in [-0.39, 0.29) is 22.8 Å². The summed E-state index contributed by atoms with van der Waals surface area (Å²) in [7, 11) is -3.96. The summed E-state index contributed by atoms with van der Waals surface area (Å²) in [5, 5.41) is 3.20. The number of halogens is 3. The molecule has 1 aliphatic heterocycles. The van der Waals surface area contributed by atoms with E-state index in [1.54, 1.807) is 36.4 Å². The van der Waals surface area contributed by atoms with Crippen LogP contribution >= 0.6 is 11.6 Å². The molecular weight excluding hydrogens is 462 g/mol. The fourth-order valence-electron chi connectivity index (χ4n) is 3.43. The topological polar surface area (TPSA) is 75.7 Å². The van der Waals surface area contributed by atoms with Gasteiger partial charge in [-0.25, -0.2) is 8.42 Å². The van der Waals surface area contributed by atoms with Crippen LogP contribution in [0.4, 0.5) is 20.2 Å². The number of rotatable bonds is 6. The van der Waals surface area contributed by atoms with Gasteiger partial charge in [0, 0.05) is 22.8 Å². The summed E-state index contributed by atoms with van der Waals surface area (Å²) in [6, 6.07) is 16.3. The van der Waals surface area contributed by atoms with Crippen molar-refractivity contribution in [1.29, 1.82) is 0 Å². The quantitative estimate of drug-likeness (QED) is 0.544. The van der Waals surface area contributed by atoms with Gasteiger partial charge in [0.2, 0.25) is 0 Å². The first-order valence-corrected chi connectivity index (χ1v) is 11.3. The van der Waals surface area contributed by atoms with Crippen LogP contribution in [0.3, 0.4) is 0 Å². The third kappa shape index (κ3) is 4.53. The molecule has 3 aromatic rings. The molecule has 1 amide bonds. The predicted octanol–water partition coefficient (Wildman–Crippen LogP) is 4.95. The summed E-state index contributed by atoms with van der Waals surface area (Å²) in [6.07, 6.45) is 0.483. The van der Waals surface area contributed by atoms with E-state index in [1.807, 2.05) is 0 Å². The maximum Gasteiger partial charge on any atom is 0.387 e. The third-order valence-electron chi connectivity index (χ3n) is 4.92. The number of carbonyl (C=O) groups is 1. The lowest BCUT2D eigenvalue weighted by atomic mass is 10.1. The second kappa shape index (κ2) is 8.76. The lowest BCUT2D eigenvalue weighted by Gasteiger charge is -2.20. The van der Waals surface area contributed by atoms with Gasteiger partial charge in [0.25, 0.3) is 15.9 Å². The third-order valence-corrected chi connectivity index (χ3v) is 6.98. The Hall–Kier alpha value is -3.17. The highest BCUT2D eigenvalue weighted by molar-refractivity contribution is 7.92. The number of hydrogen-bond acceptors (Lipinski definition) is 4. The average Bonchev–Trinajstić information content (AvgIpc) is 3.18. The number of fused-ring (bicyclic) bond motifs is 1. The minimum Gasteiger partial charge on any atom is -0.435 e. The van der Waals surface area contributed by atoms with Crippen molar-refractivity contribution >= 4 is 38.9 Å². The van der Waals surface area contributed by atoms with Crippen molar-refractivity contribution in [2.24, 2.45) is 0 Å². The van der Waals surface area contributed by atoms with E-state index in [4.69, 9.17) is 11.6 Å². The molecule has 6 nitrogen and oxygen atoms in total. The number of sulfonamides is 1. The minimum atomic E-state index is -3.96. The zero-order chi connectivity index (χ0) is 22.9. The molecule has 0 fully saturated rings. The largest absolute Gasteiger partial charge is 0.435 e. The van der Waals surface area contributed by atoms with Gasteiger partial charge in [-0.1, -0.05) is 23.7 Å². The van der Waals surface area contributed by atoms with E-state index < -0.39 is 22.5 Å². The number of amides is 1. The highest BCUT2D eigenvalue weighted by Gasteiger charge is 2.31. The van der Waals surface area contributed by atoms with Crippen molar-refractivity contribution in [1.82, 2.24) is 0 Å². The van der Waals surface area contributed by atoms with Crippen LogP contribution in [0.2, 0.25) is 5.02 Å². The number of benzene rings is 3. The van der Waals surface area contributed by atoms with Gasteiger partial charge in [-0.15, -0.1) is 0 Å². The van der Waals surface area contributed by atoms with E-state index in [2.05, 4.69) is 10.1 Å². The van der Waals surface area contributed by atoms with Crippen molar-refractivity contribution in [2.75, 3.05) is 16.2 Å². The number of ether oxygens (including phenoxy) is 1. The van der Waals surface area contributed by atoms with Crippen LogP contribution in [0.15, 0.2) is 71.6 Å². The van der Waals surface area contributed by atoms with Gasteiger partial charge in [0.1, 0.15) is 5.75 Å². The summed E-state index contributed by atoms with van der Waals surface area (Å²) in [4.78, 5) is 12.6. The lowest BCUT2D eigenvalue weighted by Crippen LogP contribution is -2.29. The zero-order valence-corrected chi connectivity index (χ0v) is 18.0. The molecule has 10 heteroatoms. The normalized spacial score (nSPS) is 13.2. The second-order valence-corrected chi connectivity index (χ2v) is 9.28. The Balaban J connectivity index is 1.59. The Kier molecular flexibility index (Phi) is 6.03. The fourth-order valence-corrected chi connectivity index (χ4v) is 5.12. The standard InChI is InChI=1S/C22H17ClF2N2O4S/c23-16-2-1-3-17(13-16)26-21(28)15-5-4-14-10-11-27(20(14)12-15)32(29,30)19-8-6-18(7-9-19)31-22(24)25/h1-9,12-13,22H,10-11H2,(H,26,28). The molecule has 0 atom stereocenters. The van der Waals surface area contributed by atoms with Crippen LogP contribution in [0, 0.1) is 0 Å². The second-order valence-electron chi connectivity index (χ2n) is 6.99. The number of nitrogens with zero attached hydrogens (tertiary/aromatic N) is 1. The van der Waals surface area contributed by atoms with Crippen LogP contribution in [-0.2, 0) is 16.4 Å². The first kappa shape index (κ1) is 22.0. The molecule has 166 valence electrons. The number of anilines is 2. The minimum absolute atomic E-state index is 0.0688. The number of alkyl halides is 2. The highest BCUT2D eigenvalue weighted by Crippen LogP contribution is 2.34. The summed E-state index contributed by atoms with van der Waals surface area (Å²) in [5.41, 5.74) is 1.98. The molecule has 1 aliphatic rings. The van der Waals surface area contributed by atoms with Crippen LogP contribution < -0.4 is 14.4 Å². The van der Waals surface area contributed by atoms with Gasteiger partial charge in [0.15, 0.2) is 0 Å². The summed E-state index contributed by atoms with van der Waals surface area (Å²) < 4.78 is 56.5. The monoisotopic (exact) mass is 478 g/mol. The molecule has 1 heterocycles. The molecule has 1 N–H and O–H groups in total.